The highest BCUT2D eigenvalue weighted by Crippen LogP contribution is 2.26. The van der Waals surface area contributed by atoms with Crippen LogP contribution in [-0.4, -0.2) is 64.2 Å². The largest absolute Gasteiger partial charge is 0.337 e. The number of likely N-dealkylation sites (tertiary alicyclic amines) is 2. The summed E-state index contributed by atoms with van der Waals surface area (Å²) in [6.07, 6.45) is 8.39. The third-order valence-corrected chi connectivity index (χ3v) is 7.07. The first-order chi connectivity index (χ1) is 14.5. The average Bonchev–Trinajstić information content (AvgIpc) is 3.20. The van der Waals surface area contributed by atoms with Crippen LogP contribution in [0.1, 0.15) is 43.1 Å². The average molecular weight is 431 g/mol. The summed E-state index contributed by atoms with van der Waals surface area (Å²) in [6.45, 7) is 7.37. The van der Waals surface area contributed by atoms with Gasteiger partial charge in [-0.2, -0.15) is 0 Å². The summed E-state index contributed by atoms with van der Waals surface area (Å²) in [7, 11) is 0. The summed E-state index contributed by atoms with van der Waals surface area (Å²) in [4.78, 5) is 22.4. The van der Waals surface area contributed by atoms with Crippen molar-refractivity contribution < 1.29 is 9.18 Å². The number of rotatable bonds is 5. The van der Waals surface area contributed by atoms with Gasteiger partial charge in [-0.05, 0) is 81.1 Å². The van der Waals surface area contributed by atoms with Crippen molar-refractivity contribution >= 4 is 17.7 Å². The Morgan fingerprint density at radius 3 is 2.60 bits per heavy atom. The van der Waals surface area contributed by atoms with Gasteiger partial charge in [-0.25, -0.2) is 9.37 Å². The molecule has 2 saturated heterocycles. The number of nitrogens with zero attached hydrogens (tertiary/aromatic N) is 4. The molecule has 7 heteroatoms. The SMILES string of the molecule is CSc1ncc(C(=O)N2CCCC(CN3CCC(C)CC3)C2)n1-c1ccc(F)cc1. The molecular formula is C23H31FN4OS. The fraction of sp³-hybridized carbons (Fsp3) is 0.565. The molecule has 5 nitrogen and oxygen atoms in total. The lowest BCUT2D eigenvalue weighted by molar-refractivity contribution is 0.0614. The minimum Gasteiger partial charge on any atom is -0.337 e. The lowest BCUT2D eigenvalue weighted by atomic mass is 9.94. The second-order valence-electron chi connectivity index (χ2n) is 8.68. The summed E-state index contributed by atoms with van der Waals surface area (Å²) in [5, 5.41) is 0.737. The molecule has 0 bridgehead atoms. The molecule has 1 aromatic heterocycles. The topological polar surface area (TPSA) is 41.4 Å². The lowest BCUT2D eigenvalue weighted by Crippen LogP contribution is -2.45. The van der Waals surface area contributed by atoms with E-state index in [0.29, 0.717) is 11.6 Å². The van der Waals surface area contributed by atoms with Crippen molar-refractivity contribution in [1.82, 2.24) is 19.4 Å². The number of imidazole rings is 1. The molecule has 3 heterocycles. The fourth-order valence-electron chi connectivity index (χ4n) is 4.64. The highest BCUT2D eigenvalue weighted by atomic mass is 32.2. The molecule has 30 heavy (non-hydrogen) atoms. The third kappa shape index (κ3) is 4.72. The molecule has 0 N–H and O–H groups in total. The maximum absolute atomic E-state index is 13.4. The van der Waals surface area contributed by atoms with Gasteiger partial charge in [0, 0.05) is 25.3 Å². The molecule has 1 unspecified atom stereocenters. The predicted molar refractivity (Wildman–Crippen MR) is 119 cm³/mol. The van der Waals surface area contributed by atoms with Gasteiger partial charge >= 0.3 is 0 Å². The van der Waals surface area contributed by atoms with E-state index >= 15 is 0 Å². The normalized spacial score (nSPS) is 21.2. The number of benzene rings is 1. The third-order valence-electron chi connectivity index (χ3n) is 6.41. The van der Waals surface area contributed by atoms with Crippen molar-refractivity contribution in [3.63, 3.8) is 0 Å². The lowest BCUT2D eigenvalue weighted by Gasteiger charge is -2.37. The monoisotopic (exact) mass is 430 g/mol. The molecule has 2 aliphatic rings. The van der Waals surface area contributed by atoms with E-state index in [1.54, 1.807) is 18.3 Å². The predicted octanol–water partition coefficient (Wildman–Crippen LogP) is 4.32. The van der Waals surface area contributed by atoms with Gasteiger partial charge in [0.1, 0.15) is 11.5 Å². The number of piperidine rings is 2. The Balaban J connectivity index is 1.49. The molecule has 2 aliphatic heterocycles. The zero-order valence-electron chi connectivity index (χ0n) is 17.9. The quantitative estimate of drug-likeness (QED) is 0.663. The van der Waals surface area contributed by atoms with Crippen molar-refractivity contribution in [1.29, 1.82) is 0 Å². The number of amides is 1. The van der Waals surface area contributed by atoms with Gasteiger partial charge in [0.2, 0.25) is 0 Å². The molecule has 0 spiro atoms. The van der Waals surface area contributed by atoms with E-state index < -0.39 is 0 Å². The zero-order valence-corrected chi connectivity index (χ0v) is 18.7. The molecular weight excluding hydrogens is 399 g/mol. The molecule has 1 aromatic carbocycles. The summed E-state index contributed by atoms with van der Waals surface area (Å²) in [5.41, 5.74) is 1.32. The van der Waals surface area contributed by atoms with Crippen LogP contribution in [0, 0.1) is 17.7 Å². The van der Waals surface area contributed by atoms with Gasteiger partial charge < -0.3 is 9.80 Å². The van der Waals surface area contributed by atoms with Gasteiger partial charge in [-0.1, -0.05) is 18.7 Å². The summed E-state index contributed by atoms with van der Waals surface area (Å²) < 4.78 is 15.3. The van der Waals surface area contributed by atoms with Gasteiger partial charge in [0.25, 0.3) is 5.91 Å². The molecule has 0 aliphatic carbocycles. The van der Waals surface area contributed by atoms with Gasteiger partial charge in [-0.3, -0.25) is 9.36 Å². The van der Waals surface area contributed by atoms with Crippen LogP contribution in [0.5, 0.6) is 0 Å². The van der Waals surface area contributed by atoms with Crippen LogP contribution in [0.4, 0.5) is 4.39 Å². The molecule has 4 rings (SSSR count). The zero-order chi connectivity index (χ0) is 21.1. The van der Waals surface area contributed by atoms with E-state index in [1.807, 2.05) is 15.7 Å². The maximum Gasteiger partial charge on any atom is 0.272 e. The highest BCUT2D eigenvalue weighted by molar-refractivity contribution is 7.98. The minimum absolute atomic E-state index is 0.0177. The number of halogens is 1. The molecule has 2 aromatic rings. The molecule has 162 valence electrons. The first-order valence-corrected chi connectivity index (χ1v) is 12.2. The Morgan fingerprint density at radius 1 is 1.17 bits per heavy atom. The van der Waals surface area contributed by atoms with Crippen LogP contribution in [0.2, 0.25) is 0 Å². The van der Waals surface area contributed by atoms with Crippen molar-refractivity contribution in [3.8, 4) is 5.69 Å². The van der Waals surface area contributed by atoms with Crippen molar-refractivity contribution in [3.05, 3.63) is 42.0 Å². The van der Waals surface area contributed by atoms with Crippen LogP contribution in [0.3, 0.4) is 0 Å². The molecule has 0 saturated carbocycles. The van der Waals surface area contributed by atoms with Gasteiger partial charge in [-0.15, -0.1) is 0 Å². The first kappa shape index (κ1) is 21.4. The molecule has 2 fully saturated rings. The Labute approximate surface area is 182 Å². The van der Waals surface area contributed by atoms with E-state index in [4.69, 9.17) is 0 Å². The van der Waals surface area contributed by atoms with E-state index in [9.17, 15) is 9.18 Å². The molecule has 1 amide bonds. The summed E-state index contributed by atoms with van der Waals surface area (Å²) in [6, 6.07) is 6.24. The van der Waals surface area contributed by atoms with Gasteiger partial charge in [0.15, 0.2) is 5.16 Å². The highest BCUT2D eigenvalue weighted by Gasteiger charge is 2.29. The second kappa shape index (κ2) is 9.52. The maximum atomic E-state index is 13.4. The number of aromatic nitrogens is 2. The van der Waals surface area contributed by atoms with Crippen molar-refractivity contribution in [2.75, 3.05) is 39.0 Å². The van der Waals surface area contributed by atoms with E-state index in [0.717, 1.165) is 42.8 Å². The van der Waals surface area contributed by atoms with Crippen molar-refractivity contribution in [2.24, 2.45) is 11.8 Å². The number of carbonyl (C=O) groups excluding carboxylic acids is 1. The van der Waals surface area contributed by atoms with Crippen LogP contribution < -0.4 is 0 Å². The standard InChI is InChI=1S/C23H31FN4OS/c1-17-9-12-26(13-10-17)15-18-4-3-11-27(16-18)22(29)21-14-25-23(30-2)28(21)20-7-5-19(24)6-8-20/h5-8,14,17-18H,3-4,9-13,15-16H2,1-2H3. The minimum atomic E-state index is -0.288. The number of hydrogen-bond donors (Lipinski definition) is 0. The number of hydrogen-bond acceptors (Lipinski definition) is 4. The second-order valence-corrected chi connectivity index (χ2v) is 9.46. The Hall–Kier alpha value is -1.86. The molecule has 0 radical (unpaired) electrons. The van der Waals surface area contributed by atoms with Gasteiger partial charge in [0.05, 0.1) is 6.20 Å². The Kier molecular flexibility index (Phi) is 6.78. The Bertz CT molecular complexity index is 861. The van der Waals surface area contributed by atoms with Crippen LogP contribution in [-0.2, 0) is 0 Å². The van der Waals surface area contributed by atoms with Crippen LogP contribution >= 0.6 is 11.8 Å². The number of thioether (sulfide) groups is 1. The van der Waals surface area contributed by atoms with E-state index in [-0.39, 0.29) is 11.7 Å². The fourth-order valence-corrected chi connectivity index (χ4v) is 5.18. The number of carbonyl (C=O) groups is 1. The van der Waals surface area contributed by atoms with Crippen LogP contribution in [0.25, 0.3) is 5.69 Å². The smallest absolute Gasteiger partial charge is 0.272 e. The van der Waals surface area contributed by atoms with Crippen LogP contribution in [0.15, 0.2) is 35.6 Å². The van der Waals surface area contributed by atoms with E-state index in [1.165, 1.54) is 56.2 Å². The van der Waals surface area contributed by atoms with Crippen molar-refractivity contribution in [2.45, 2.75) is 37.8 Å². The Morgan fingerprint density at radius 2 is 1.90 bits per heavy atom. The molecule has 1 atom stereocenters. The van der Waals surface area contributed by atoms with E-state index in [2.05, 4.69) is 16.8 Å². The summed E-state index contributed by atoms with van der Waals surface area (Å²) >= 11 is 1.48. The summed E-state index contributed by atoms with van der Waals surface area (Å²) in [5.74, 6) is 1.09. The first-order valence-electron chi connectivity index (χ1n) is 10.9.